The van der Waals surface area contributed by atoms with Gasteiger partial charge in [0.2, 0.25) is 11.8 Å². The summed E-state index contributed by atoms with van der Waals surface area (Å²) in [7, 11) is 0. The molecule has 0 aromatic rings. The summed E-state index contributed by atoms with van der Waals surface area (Å²) in [6.07, 6.45) is 16.5. The molecule has 2 saturated heterocycles. The Labute approximate surface area is 198 Å². The highest BCUT2D eigenvalue weighted by atomic mass is 32.2. The van der Waals surface area contributed by atoms with Crippen LogP contribution in [-0.2, 0) is 9.59 Å². The summed E-state index contributed by atoms with van der Waals surface area (Å²) in [5, 5.41) is 0. The third kappa shape index (κ3) is 5.70. The molecule has 32 heavy (non-hydrogen) atoms. The van der Waals surface area contributed by atoms with E-state index in [-0.39, 0.29) is 17.9 Å². The highest BCUT2D eigenvalue weighted by molar-refractivity contribution is 7.99. The van der Waals surface area contributed by atoms with Crippen molar-refractivity contribution in [3.63, 3.8) is 0 Å². The summed E-state index contributed by atoms with van der Waals surface area (Å²) in [4.78, 5) is 29.8. The standard InChI is InChI=1S/C27H40N2O2S/c1-20-10-12-23-13-11-22(18-24(23)17-21(20)2)7-3-4-9-26(30)29-14-6-5-8-25(29)27(31)28-15-16-32-19-28/h10,17,22,25H,3-9,11-16,18-19H2,1-2H3. The molecular weight excluding hydrogens is 416 g/mol. The van der Waals surface area contributed by atoms with Crippen molar-refractivity contribution in [2.24, 2.45) is 5.92 Å². The van der Waals surface area contributed by atoms with Gasteiger partial charge in [0.15, 0.2) is 0 Å². The van der Waals surface area contributed by atoms with Crippen LogP contribution in [0.5, 0.6) is 0 Å². The number of piperidine rings is 1. The van der Waals surface area contributed by atoms with Gasteiger partial charge in [0.05, 0.1) is 5.88 Å². The quantitative estimate of drug-likeness (QED) is 0.471. The van der Waals surface area contributed by atoms with E-state index in [2.05, 4.69) is 26.0 Å². The largest absolute Gasteiger partial charge is 0.331 e. The molecule has 4 aliphatic rings. The van der Waals surface area contributed by atoms with E-state index in [1.165, 1.54) is 36.8 Å². The zero-order chi connectivity index (χ0) is 22.5. The first-order valence-corrected chi connectivity index (χ1v) is 13.9. The Morgan fingerprint density at radius 2 is 1.97 bits per heavy atom. The molecule has 0 saturated carbocycles. The van der Waals surface area contributed by atoms with E-state index in [1.54, 1.807) is 11.1 Å². The lowest BCUT2D eigenvalue weighted by atomic mass is 9.80. The molecule has 5 heteroatoms. The van der Waals surface area contributed by atoms with Gasteiger partial charge in [-0.3, -0.25) is 9.59 Å². The lowest BCUT2D eigenvalue weighted by molar-refractivity contribution is -0.146. The Kier molecular flexibility index (Phi) is 8.20. The second-order valence-corrected chi connectivity index (χ2v) is 11.2. The third-order valence-corrected chi connectivity index (χ3v) is 8.88. The summed E-state index contributed by atoms with van der Waals surface area (Å²) >= 11 is 1.81. The zero-order valence-electron chi connectivity index (χ0n) is 20.0. The summed E-state index contributed by atoms with van der Waals surface area (Å²) in [5.41, 5.74) is 6.06. The molecule has 0 aromatic carbocycles. The molecule has 2 atom stereocenters. The van der Waals surface area contributed by atoms with Gasteiger partial charge in [0, 0.05) is 25.3 Å². The first-order chi connectivity index (χ1) is 15.5. The van der Waals surface area contributed by atoms with Crippen LogP contribution in [0.15, 0.2) is 34.4 Å². The fourth-order valence-corrected chi connectivity index (χ4v) is 6.64. The maximum atomic E-state index is 13.0. The van der Waals surface area contributed by atoms with E-state index < -0.39 is 0 Å². The molecule has 0 N–H and O–H groups in total. The lowest BCUT2D eigenvalue weighted by Crippen LogP contribution is -2.52. The van der Waals surface area contributed by atoms with Crippen molar-refractivity contribution in [3.05, 3.63) is 34.4 Å². The Morgan fingerprint density at radius 1 is 1.09 bits per heavy atom. The Balaban J connectivity index is 1.23. The number of nitrogens with zero attached hydrogens (tertiary/aromatic N) is 2. The lowest BCUT2D eigenvalue weighted by Gasteiger charge is -2.36. The van der Waals surface area contributed by atoms with Gasteiger partial charge in [-0.15, -0.1) is 11.8 Å². The summed E-state index contributed by atoms with van der Waals surface area (Å²) in [5.74, 6) is 2.96. The van der Waals surface area contributed by atoms with E-state index in [1.807, 2.05) is 21.6 Å². The normalized spacial score (nSPS) is 26.4. The van der Waals surface area contributed by atoms with Crippen LogP contribution in [0, 0.1) is 5.92 Å². The Bertz CT molecular complexity index is 806. The van der Waals surface area contributed by atoms with Crippen molar-refractivity contribution < 1.29 is 9.59 Å². The molecule has 4 rings (SSSR count). The molecule has 0 spiro atoms. The van der Waals surface area contributed by atoms with Crippen molar-refractivity contribution in [1.29, 1.82) is 0 Å². The molecule has 2 unspecified atom stereocenters. The van der Waals surface area contributed by atoms with Crippen molar-refractivity contribution in [2.45, 2.75) is 90.5 Å². The topological polar surface area (TPSA) is 40.6 Å². The Morgan fingerprint density at radius 3 is 2.78 bits per heavy atom. The first-order valence-electron chi connectivity index (χ1n) is 12.7. The molecular formula is C27H40N2O2S. The van der Waals surface area contributed by atoms with Crippen LogP contribution >= 0.6 is 11.8 Å². The summed E-state index contributed by atoms with van der Waals surface area (Å²) in [6.45, 7) is 6.06. The number of thioether (sulfide) groups is 1. The average Bonchev–Trinajstić information content (AvgIpc) is 3.31. The van der Waals surface area contributed by atoms with Crippen LogP contribution in [0.25, 0.3) is 0 Å². The predicted octanol–water partition coefficient (Wildman–Crippen LogP) is 5.85. The van der Waals surface area contributed by atoms with E-state index in [4.69, 9.17) is 0 Å². The van der Waals surface area contributed by atoms with Gasteiger partial charge in [0.1, 0.15) is 6.04 Å². The molecule has 0 aromatic heterocycles. The summed E-state index contributed by atoms with van der Waals surface area (Å²) in [6, 6.07) is -0.207. The summed E-state index contributed by atoms with van der Waals surface area (Å²) < 4.78 is 0. The second-order valence-electron chi connectivity index (χ2n) is 10.1. The number of allylic oxidation sites excluding steroid dienone is 6. The highest BCUT2D eigenvalue weighted by Crippen LogP contribution is 2.37. The number of hydrogen-bond donors (Lipinski definition) is 0. The predicted molar refractivity (Wildman–Crippen MR) is 133 cm³/mol. The number of carbonyl (C=O) groups is 2. The van der Waals surface area contributed by atoms with Crippen molar-refractivity contribution >= 4 is 23.6 Å². The molecule has 2 aliphatic heterocycles. The zero-order valence-corrected chi connectivity index (χ0v) is 20.9. The monoisotopic (exact) mass is 456 g/mol. The molecule has 2 fully saturated rings. The van der Waals surface area contributed by atoms with Gasteiger partial charge in [-0.1, -0.05) is 36.1 Å². The molecule has 4 nitrogen and oxygen atoms in total. The minimum Gasteiger partial charge on any atom is -0.331 e. The van der Waals surface area contributed by atoms with Gasteiger partial charge >= 0.3 is 0 Å². The molecule has 2 amide bonds. The maximum Gasteiger partial charge on any atom is 0.246 e. The van der Waals surface area contributed by atoms with Crippen LogP contribution < -0.4 is 0 Å². The number of unbranched alkanes of at least 4 members (excludes halogenated alkanes) is 1. The molecule has 0 bridgehead atoms. The van der Waals surface area contributed by atoms with Crippen molar-refractivity contribution in [2.75, 3.05) is 24.7 Å². The van der Waals surface area contributed by atoms with Gasteiger partial charge in [-0.05, 0) is 82.3 Å². The van der Waals surface area contributed by atoms with Gasteiger partial charge in [-0.2, -0.15) is 0 Å². The minimum atomic E-state index is -0.207. The average molecular weight is 457 g/mol. The molecule has 2 aliphatic carbocycles. The fourth-order valence-electron chi connectivity index (χ4n) is 5.69. The van der Waals surface area contributed by atoms with Crippen LogP contribution in [0.4, 0.5) is 0 Å². The van der Waals surface area contributed by atoms with Crippen LogP contribution in [0.1, 0.15) is 84.5 Å². The number of rotatable bonds is 6. The number of hydrogen-bond acceptors (Lipinski definition) is 3. The highest BCUT2D eigenvalue weighted by Gasteiger charge is 2.35. The fraction of sp³-hybridized carbons (Fsp3) is 0.704. The Hall–Kier alpha value is -1.49. The minimum absolute atomic E-state index is 0.186. The molecule has 2 heterocycles. The first kappa shape index (κ1) is 23.7. The third-order valence-electron chi connectivity index (χ3n) is 7.91. The van der Waals surface area contributed by atoms with E-state index in [9.17, 15) is 9.59 Å². The van der Waals surface area contributed by atoms with Gasteiger partial charge in [0.25, 0.3) is 0 Å². The van der Waals surface area contributed by atoms with E-state index in [0.29, 0.717) is 6.42 Å². The molecule has 176 valence electrons. The SMILES string of the molecule is CC1=CCC2=C(C=C1C)CC(CCCCC(=O)N1CCCCC1C(=O)N1CCSC1)CC2. The second kappa shape index (κ2) is 11.1. The van der Waals surface area contributed by atoms with Crippen molar-refractivity contribution in [1.82, 2.24) is 9.80 Å². The smallest absolute Gasteiger partial charge is 0.246 e. The number of likely N-dealkylation sites (tertiary alicyclic amines) is 1. The van der Waals surface area contributed by atoms with Crippen LogP contribution in [-0.4, -0.2) is 52.4 Å². The van der Waals surface area contributed by atoms with Gasteiger partial charge in [-0.25, -0.2) is 0 Å². The van der Waals surface area contributed by atoms with Crippen LogP contribution in [0.3, 0.4) is 0 Å². The number of amides is 2. The van der Waals surface area contributed by atoms with E-state index in [0.717, 1.165) is 69.2 Å². The number of carbonyl (C=O) groups excluding carboxylic acids is 2. The van der Waals surface area contributed by atoms with Crippen LogP contribution in [0.2, 0.25) is 0 Å². The maximum absolute atomic E-state index is 13.0. The molecule has 0 radical (unpaired) electrons. The van der Waals surface area contributed by atoms with E-state index >= 15 is 0 Å². The van der Waals surface area contributed by atoms with Crippen molar-refractivity contribution in [3.8, 4) is 0 Å². The van der Waals surface area contributed by atoms with Gasteiger partial charge < -0.3 is 9.80 Å².